The summed E-state index contributed by atoms with van der Waals surface area (Å²) < 4.78 is 9.49. The summed E-state index contributed by atoms with van der Waals surface area (Å²) in [4.78, 5) is 0. The van der Waals surface area contributed by atoms with E-state index in [0.717, 1.165) is 8.43 Å². The van der Waals surface area contributed by atoms with Crippen LogP contribution in [0.3, 0.4) is 0 Å². The maximum atomic E-state index is 4.75. The summed E-state index contributed by atoms with van der Waals surface area (Å²) >= 11 is 0. The van der Waals surface area contributed by atoms with Crippen LogP contribution in [0.2, 0.25) is 0 Å². The van der Waals surface area contributed by atoms with Crippen LogP contribution in [-0.2, 0) is 0 Å². The Morgan fingerprint density at radius 1 is 1.15 bits per heavy atom. The first-order chi connectivity index (χ1) is 6.47. The maximum absolute atomic E-state index is 4.75. The smallest absolute Gasteiger partial charge is 0.183 e. The summed E-state index contributed by atoms with van der Waals surface area (Å²) in [5.74, 6) is 2.29. The average molecular weight is 192 g/mol. The van der Waals surface area contributed by atoms with Crippen LogP contribution < -0.4 is 0 Å². The molecule has 0 saturated carbocycles. The second kappa shape index (κ2) is 4.11. The first-order valence-corrected chi connectivity index (χ1v) is 4.92. The van der Waals surface area contributed by atoms with E-state index >= 15 is 0 Å². The molecule has 3 heteroatoms. The molecule has 0 amide bonds. The lowest BCUT2D eigenvalue weighted by Gasteiger charge is -2.01. The van der Waals surface area contributed by atoms with Crippen molar-refractivity contribution < 1.29 is 8.93 Å². The van der Waals surface area contributed by atoms with Crippen molar-refractivity contribution in [3.63, 3.8) is 0 Å². The van der Waals surface area contributed by atoms with Crippen molar-refractivity contribution >= 4 is 8.43 Å². The van der Waals surface area contributed by atoms with Crippen molar-refractivity contribution in [1.29, 1.82) is 0 Å². The summed E-state index contributed by atoms with van der Waals surface area (Å²) in [6.07, 6.45) is 9.94. The zero-order valence-electron chi connectivity index (χ0n) is 6.96. The largest absolute Gasteiger partial charge is 0.295 e. The van der Waals surface area contributed by atoms with Gasteiger partial charge in [0.2, 0.25) is 0 Å². The van der Waals surface area contributed by atoms with E-state index in [9.17, 15) is 0 Å². The van der Waals surface area contributed by atoms with Crippen molar-refractivity contribution in [3.8, 4) is 0 Å². The van der Waals surface area contributed by atoms with Crippen molar-refractivity contribution in [2.24, 2.45) is 0 Å². The first kappa shape index (κ1) is 8.33. The Morgan fingerprint density at radius 3 is 2.85 bits per heavy atom. The SMILES string of the molecule is C1=CC(c2ccoopcc2)C=C1. The molecule has 13 heavy (non-hydrogen) atoms. The van der Waals surface area contributed by atoms with Crippen LogP contribution in [0.1, 0.15) is 11.5 Å². The normalized spacial score (nSPS) is 15.4. The van der Waals surface area contributed by atoms with Gasteiger partial charge < -0.3 is 0 Å². The average Bonchev–Trinajstić information content (AvgIpc) is 2.55. The van der Waals surface area contributed by atoms with Crippen LogP contribution >= 0.6 is 8.43 Å². The molecule has 0 saturated heterocycles. The molecular weight excluding hydrogens is 183 g/mol. The Bertz CT molecular complexity index is 340. The second-order valence-corrected chi connectivity index (χ2v) is 3.35. The number of hydrogen-bond acceptors (Lipinski definition) is 2. The van der Waals surface area contributed by atoms with Gasteiger partial charge in [0, 0.05) is 11.7 Å². The second-order valence-electron chi connectivity index (χ2n) is 2.69. The van der Waals surface area contributed by atoms with Gasteiger partial charge in [-0.25, -0.2) is 0 Å². The molecular formula is C10H9O2P. The first-order valence-electron chi connectivity index (χ1n) is 4.04. The molecule has 2 nitrogen and oxygen atoms in total. The van der Waals surface area contributed by atoms with Crippen molar-refractivity contribution in [3.05, 3.63) is 54.1 Å². The molecule has 0 unspecified atom stereocenters. The molecule has 0 radical (unpaired) electrons. The van der Waals surface area contributed by atoms with E-state index < -0.39 is 0 Å². The molecule has 0 aromatic carbocycles. The molecule has 1 heterocycles. The van der Waals surface area contributed by atoms with Gasteiger partial charge in [-0.2, -0.15) is 0 Å². The van der Waals surface area contributed by atoms with Crippen molar-refractivity contribution in [2.45, 2.75) is 5.92 Å². The highest BCUT2D eigenvalue weighted by atomic mass is 31.1. The molecule has 1 aromatic rings. The highest BCUT2D eigenvalue weighted by Crippen LogP contribution is 2.22. The zero-order chi connectivity index (χ0) is 8.93. The summed E-state index contributed by atoms with van der Waals surface area (Å²) in [7, 11) is 0.719. The van der Waals surface area contributed by atoms with Crippen LogP contribution in [0.5, 0.6) is 0 Å². The zero-order valence-corrected chi connectivity index (χ0v) is 7.85. The van der Waals surface area contributed by atoms with Gasteiger partial charge in [0.25, 0.3) is 0 Å². The maximum Gasteiger partial charge on any atom is 0.183 e. The lowest BCUT2D eigenvalue weighted by Crippen LogP contribution is -1.85. The fourth-order valence-electron chi connectivity index (χ4n) is 1.23. The van der Waals surface area contributed by atoms with Gasteiger partial charge >= 0.3 is 0 Å². The topological polar surface area (TPSA) is 26.3 Å². The van der Waals surface area contributed by atoms with Crippen LogP contribution in [0.25, 0.3) is 0 Å². The molecule has 0 atom stereocenters. The molecule has 1 aliphatic rings. The number of rotatable bonds is 1. The summed E-state index contributed by atoms with van der Waals surface area (Å²) in [6.45, 7) is 0. The molecule has 0 spiro atoms. The van der Waals surface area contributed by atoms with Crippen LogP contribution in [0.4, 0.5) is 0 Å². The van der Waals surface area contributed by atoms with Gasteiger partial charge in [-0.15, -0.1) is 0 Å². The molecule has 66 valence electrons. The third-order valence-electron chi connectivity index (χ3n) is 1.86. The highest BCUT2D eigenvalue weighted by molar-refractivity contribution is 7.21. The van der Waals surface area contributed by atoms with Gasteiger partial charge in [-0.05, 0) is 11.6 Å². The lowest BCUT2D eigenvalue weighted by atomic mass is 10.0. The quantitative estimate of drug-likeness (QED) is 0.633. The molecule has 1 aromatic heterocycles. The Balaban J connectivity index is 2.36. The predicted octanol–water partition coefficient (Wildman–Crippen LogP) is 3.79. The summed E-state index contributed by atoms with van der Waals surface area (Å²) in [5.41, 5.74) is 1.21. The predicted molar refractivity (Wildman–Crippen MR) is 52.1 cm³/mol. The van der Waals surface area contributed by atoms with Crippen molar-refractivity contribution in [2.75, 3.05) is 0 Å². The van der Waals surface area contributed by atoms with Crippen LogP contribution in [0.15, 0.2) is 57.4 Å². The molecule has 0 N–H and O–H groups in total. The number of allylic oxidation sites excluding steroid dienone is 4. The molecule has 1 aliphatic carbocycles. The Morgan fingerprint density at radius 2 is 2.00 bits per heavy atom. The Kier molecular flexibility index (Phi) is 2.63. The Hall–Kier alpha value is -1.27. The fourth-order valence-corrected chi connectivity index (χ4v) is 1.61. The standard InChI is InChI=1S/C10H9O2P/c1-2-4-9(3-1)10-5-7-11-12-13-8-6-10/h1-9H. The molecule has 0 aliphatic heterocycles. The monoisotopic (exact) mass is 192 g/mol. The van der Waals surface area contributed by atoms with Crippen LogP contribution in [0, 0.1) is 0 Å². The van der Waals surface area contributed by atoms with Gasteiger partial charge in [0.15, 0.2) is 8.43 Å². The van der Waals surface area contributed by atoms with E-state index in [4.69, 9.17) is 8.93 Å². The lowest BCUT2D eigenvalue weighted by molar-refractivity contribution is 0.101. The van der Waals surface area contributed by atoms with Gasteiger partial charge in [-0.3, -0.25) is 8.93 Å². The minimum absolute atomic E-state index is 0.379. The summed E-state index contributed by atoms with van der Waals surface area (Å²) in [6, 6.07) is 3.96. The fraction of sp³-hybridized carbons (Fsp3) is 0.100. The minimum atomic E-state index is 0.379. The summed E-state index contributed by atoms with van der Waals surface area (Å²) in [5, 5.41) is 0. The Labute approximate surface area is 78.0 Å². The van der Waals surface area contributed by atoms with E-state index in [-0.39, 0.29) is 0 Å². The molecule has 2 rings (SSSR count). The number of hydrogen-bond donors (Lipinski definition) is 0. The van der Waals surface area contributed by atoms with E-state index in [1.807, 2.05) is 30.1 Å². The van der Waals surface area contributed by atoms with Gasteiger partial charge in [-0.1, -0.05) is 30.4 Å². The van der Waals surface area contributed by atoms with E-state index in [1.165, 1.54) is 5.56 Å². The highest BCUT2D eigenvalue weighted by Gasteiger charge is 2.04. The third kappa shape index (κ3) is 2.10. The van der Waals surface area contributed by atoms with E-state index in [1.54, 1.807) is 6.26 Å². The molecule has 0 bridgehead atoms. The van der Waals surface area contributed by atoms with Crippen LogP contribution in [-0.4, -0.2) is 0 Å². The minimum Gasteiger partial charge on any atom is -0.295 e. The van der Waals surface area contributed by atoms with Crippen molar-refractivity contribution in [1.82, 2.24) is 0 Å². The third-order valence-corrected chi connectivity index (χ3v) is 2.31. The van der Waals surface area contributed by atoms with Gasteiger partial charge in [0.05, 0.1) is 0 Å². The van der Waals surface area contributed by atoms with E-state index in [2.05, 4.69) is 12.2 Å². The molecule has 0 fully saturated rings. The van der Waals surface area contributed by atoms with E-state index in [0.29, 0.717) is 5.92 Å². The van der Waals surface area contributed by atoms with Gasteiger partial charge in [0.1, 0.15) is 6.26 Å².